The Morgan fingerprint density at radius 1 is 1.25 bits per heavy atom. The Balaban J connectivity index is 2.34. The van der Waals surface area contributed by atoms with Gasteiger partial charge in [0.15, 0.2) is 0 Å². The maximum absolute atomic E-state index is 3.17. The standard InChI is InChI=1S/C9H17N3/c1-11(2)7-8-12(3)9-5-4-6-10-9/h4-6,10H,7-8H2,1-3H3. The number of aromatic amines is 1. The Labute approximate surface area is 74.0 Å². The first-order chi connectivity index (χ1) is 5.70. The minimum absolute atomic E-state index is 1.05. The number of likely N-dealkylation sites (N-methyl/N-ethyl adjacent to an activating group) is 2. The molecule has 0 aromatic carbocycles. The molecule has 1 heterocycles. The first-order valence-corrected chi connectivity index (χ1v) is 4.19. The van der Waals surface area contributed by atoms with Crippen LogP contribution >= 0.6 is 0 Å². The summed E-state index contributed by atoms with van der Waals surface area (Å²) in [4.78, 5) is 7.56. The Bertz CT molecular complexity index is 204. The van der Waals surface area contributed by atoms with Crippen LogP contribution < -0.4 is 4.90 Å². The summed E-state index contributed by atoms with van der Waals surface area (Å²) in [6, 6.07) is 4.09. The van der Waals surface area contributed by atoms with Crippen molar-refractivity contribution in [3.05, 3.63) is 18.3 Å². The zero-order chi connectivity index (χ0) is 8.97. The molecule has 0 unspecified atom stereocenters. The van der Waals surface area contributed by atoms with Gasteiger partial charge in [-0.15, -0.1) is 0 Å². The molecule has 3 heteroatoms. The molecule has 0 aliphatic heterocycles. The molecule has 0 fully saturated rings. The van der Waals surface area contributed by atoms with Gasteiger partial charge in [0.25, 0.3) is 0 Å². The number of aromatic nitrogens is 1. The van der Waals surface area contributed by atoms with Gasteiger partial charge in [-0.05, 0) is 26.2 Å². The van der Waals surface area contributed by atoms with Crippen LogP contribution in [0.4, 0.5) is 5.82 Å². The van der Waals surface area contributed by atoms with Gasteiger partial charge < -0.3 is 14.8 Å². The SMILES string of the molecule is CN(C)CCN(C)c1ccc[nH]1. The van der Waals surface area contributed by atoms with Crippen LogP contribution in [0.5, 0.6) is 0 Å². The third-order valence-corrected chi connectivity index (χ3v) is 1.88. The zero-order valence-corrected chi connectivity index (χ0v) is 8.04. The van der Waals surface area contributed by atoms with Crippen LogP contribution in [0.3, 0.4) is 0 Å². The highest BCUT2D eigenvalue weighted by molar-refractivity contribution is 5.37. The third-order valence-electron chi connectivity index (χ3n) is 1.88. The van der Waals surface area contributed by atoms with Gasteiger partial charge in [0.1, 0.15) is 5.82 Å². The molecule has 0 aliphatic rings. The van der Waals surface area contributed by atoms with Gasteiger partial charge in [0.05, 0.1) is 0 Å². The second-order valence-corrected chi connectivity index (χ2v) is 3.28. The monoisotopic (exact) mass is 167 g/mol. The van der Waals surface area contributed by atoms with Gasteiger partial charge >= 0.3 is 0 Å². The molecular weight excluding hydrogens is 150 g/mol. The summed E-state index contributed by atoms with van der Waals surface area (Å²) in [5.41, 5.74) is 0. The van der Waals surface area contributed by atoms with Gasteiger partial charge in [0, 0.05) is 26.3 Å². The van der Waals surface area contributed by atoms with Gasteiger partial charge in [-0.2, -0.15) is 0 Å². The average molecular weight is 167 g/mol. The topological polar surface area (TPSA) is 22.3 Å². The van der Waals surface area contributed by atoms with E-state index in [4.69, 9.17) is 0 Å². The van der Waals surface area contributed by atoms with Crippen molar-refractivity contribution in [2.24, 2.45) is 0 Å². The molecular formula is C9H17N3. The molecule has 0 radical (unpaired) electrons. The minimum atomic E-state index is 1.05. The normalized spacial score (nSPS) is 10.7. The number of hydrogen-bond acceptors (Lipinski definition) is 2. The summed E-state index contributed by atoms with van der Waals surface area (Å²) in [5, 5.41) is 0. The van der Waals surface area contributed by atoms with Crippen molar-refractivity contribution in [3.63, 3.8) is 0 Å². The average Bonchev–Trinajstić information content (AvgIpc) is 2.51. The third kappa shape index (κ3) is 2.58. The lowest BCUT2D eigenvalue weighted by Crippen LogP contribution is -2.28. The van der Waals surface area contributed by atoms with Crippen LogP contribution in [-0.2, 0) is 0 Å². The summed E-state index contributed by atoms with van der Waals surface area (Å²) in [5.74, 6) is 1.18. The van der Waals surface area contributed by atoms with Gasteiger partial charge in [0.2, 0.25) is 0 Å². The van der Waals surface area contributed by atoms with E-state index in [1.165, 1.54) is 5.82 Å². The Morgan fingerprint density at radius 3 is 2.50 bits per heavy atom. The van der Waals surface area contributed by atoms with E-state index in [0.717, 1.165) is 13.1 Å². The first kappa shape index (κ1) is 9.13. The predicted octanol–water partition coefficient (Wildman–Crippen LogP) is 1.01. The number of nitrogens with zero attached hydrogens (tertiary/aromatic N) is 2. The van der Waals surface area contributed by atoms with E-state index in [1.807, 2.05) is 12.3 Å². The fraction of sp³-hybridized carbons (Fsp3) is 0.556. The summed E-state index contributed by atoms with van der Waals surface area (Å²) >= 11 is 0. The van der Waals surface area contributed by atoms with E-state index in [1.54, 1.807) is 0 Å². The van der Waals surface area contributed by atoms with Crippen LogP contribution in [0, 0.1) is 0 Å². The Hall–Kier alpha value is -0.960. The lowest BCUT2D eigenvalue weighted by molar-refractivity contribution is 0.416. The molecule has 1 aromatic heterocycles. The molecule has 1 N–H and O–H groups in total. The lowest BCUT2D eigenvalue weighted by Gasteiger charge is -2.19. The van der Waals surface area contributed by atoms with Crippen LogP contribution in [0.1, 0.15) is 0 Å². The van der Waals surface area contributed by atoms with Crippen molar-refractivity contribution in [2.75, 3.05) is 39.1 Å². The van der Waals surface area contributed by atoms with Crippen molar-refractivity contribution < 1.29 is 0 Å². The fourth-order valence-electron chi connectivity index (χ4n) is 1.03. The fourth-order valence-corrected chi connectivity index (χ4v) is 1.03. The molecule has 0 amide bonds. The van der Waals surface area contributed by atoms with Crippen molar-refractivity contribution in [2.45, 2.75) is 0 Å². The Kier molecular flexibility index (Phi) is 3.17. The first-order valence-electron chi connectivity index (χ1n) is 4.19. The van der Waals surface area contributed by atoms with Crippen LogP contribution in [0.15, 0.2) is 18.3 Å². The summed E-state index contributed by atoms with van der Waals surface area (Å²) in [7, 11) is 6.26. The van der Waals surface area contributed by atoms with E-state index in [9.17, 15) is 0 Å². The highest BCUT2D eigenvalue weighted by Gasteiger charge is 1.99. The smallest absolute Gasteiger partial charge is 0.105 e. The second kappa shape index (κ2) is 4.16. The molecule has 0 bridgehead atoms. The lowest BCUT2D eigenvalue weighted by atomic mass is 10.5. The summed E-state index contributed by atoms with van der Waals surface area (Å²) in [6.07, 6.45) is 1.95. The summed E-state index contributed by atoms with van der Waals surface area (Å²) < 4.78 is 0. The van der Waals surface area contributed by atoms with E-state index >= 15 is 0 Å². The maximum atomic E-state index is 3.17. The van der Waals surface area contributed by atoms with Crippen molar-refractivity contribution >= 4 is 5.82 Å². The summed E-state index contributed by atoms with van der Waals surface area (Å²) in [6.45, 7) is 2.13. The molecule has 68 valence electrons. The van der Waals surface area contributed by atoms with Crippen LogP contribution in [0.2, 0.25) is 0 Å². The van der Waals surface area contributed by atoms with Gasteiger partial charge in [-0.3, -0.25) is 0 Å². The number of hydrogen-bond donors (Lipinski definition) is 1. The minimum Gasteiger partial charge on any atom is -0.360 e. The number of anilines is 1. The molecule has 3 nitrogen and oxygen atoms in total. The van der Waals surface area contributed by atoms with E-state index in [2.05, 4.69) is 42.0 Å². The van der Waals surface area contributed by atoms with E-state index < -0.39 is 0 Å². The second-order valence-electron chi connectivity index (χ2n) is 3.28. The van der Waals surface area contributed by atoms with Crippen molar-refractivity contribution in [3.8, 4) is 0 Å². The molecule has 0 saturated carbocycles. The number of H-pyrrole nitrogens is 1. The molecule has 0 saturated heterocycles. The Morgan fingerprint density at radius 2 is 2.00 bits per heavy atom. The quantitative estimate of drug-likeness (QED) is 0.723. The van der Waals surface area contributed by atoms with Crippen molar-refractivity contribution in [1.82, 2.24) is 9.88 Å². The molecule has 1 aromatic rings. The van der Waals surface area contributed by atoms with Gasteiger partial charge in [-0.25, -0.2) is 0 Å². The van der Waals surface area contributed by atoms with Gasteiger partial charge in [-0.1, -0.05) is 0 Å². The highest BCUT2D eigenvalue weighted by atomic mass is 15.2. The van der Waals surface area contributed by atoms with E-state index in [-0.39, 0.29) is 0 Å². The highest BCUT2D eigenvalue weighted by Crippen LogP contribution is 2.06. The molecule has 0 spiro atoms. The largest absolute Gasteiger partial charge is 0.360 e. The van der Waals surface area contributed by atoms with Crippen molar-refractivity contribution in [1.29, 1.82) is 0 Å². The molecule has 1 rings (SSSR count). The zero-order valence-electron chi connectivity index (χ0n) is 8.04. The number of nitrogens with one attached hydrogen (secondary N) is 1. The van der Waals surface area contributed by atoms with E-state index in [0.29, 0.717) is 0 Å². The number of rotatable bonds is 4. The maximum Gasteiger partial charge on any atom is 0.105 e. The molecule has 12 heavy (non-hydrogen) atoms. The molecule has 0 aliphatic carbocycles. The van der Waals surface area contributed by atoms with Crippen LogP contribution in [0.25, 0.3) is 0 Å². The predicted molar refractivity (Wildman–Crippen MR) is 52.6 cm³/mol. The van der Waals surface area contributed by atoms with Crippen LogP contribution in [-0.4, -0.2) is 44.1 Å². The molecule has 0 atom stereocenters.